The molecule has 8 heteroatoms. The Morgan fingerprint density at radius 2 is 1.61 bits per heavy atom. The van der Waals surface area contributed by atoms with E-state index in [2.05, 4.69) is 43.6 Å². The Morgan fingerprint density at radius 1 is 0.913 bits per heavy atom. The maximum Gasteiger partial charge on any atom is 0.251 e. The van der Waals surface area contributed by atoms with Gasteiger partial charge in [0.15, 0.2) is 11.1 Å². The van der Waals surface area contributed by atoms with E-state index >= 15 is 0 Å². The second kappa shape index (κ2) is 14.5. The first kappa shape index (κ1) is 32.6. The number of furan rings is 1. The van der Waals surface area contributed by atoms with Gasteiger partial charge in [-0.25, -0.2) is 4.21 Å². The fourth-order valence-electron chi connectivity index (χ4n) is 5.00. The molecule has 4 aromatic carbocycles. The van der Waals surface area contributed by atoms with Gasteiger partial charge < -0.3 is 19.6 Å². The largest absolute Gasteiger partial charge is 0.456 e. The summed E-state index contributed by atoms with van der Waals surface area (Å²) in [5.41, 5.74) is 5.74. The molecule has 1 aromatic heterocycles. The minimum atomic E-state index is -1.97. The topological polar surface area (TPSA) is 109 Å². The summed E-state index contributed by atoms with van der Waals surface area (Å²) in [4.78, 5) is 26.3. The molecule has 0 saturated heterocycles. The van der Waals surface area contributed by atoms with Crippen molar-refractivity contribution in [1.29, 1.82) is 0 Å². The summed E-state index contributed by atoms with van der Waals surface area (Å²) in [5.74, 6) is -0.230. The Labute approximate surface area is 272 Å². The molecule has 1 heterocycles. The van der Waals surface area contributed by atoms with Crippen molar-refractivity contribution in [1.82, 2.24) is 5.32 Å². The van der Waals surface area contributed by atoms with Gasteiger partial charge in [0.25, 0.3) is 5.91 Å². The Balaban J connectivity index is 1.34. The quantitative estimate of drug-likeness (QED) is 0.127. The molecule has 0 radical (unpaired) electrons. The van der Waals surface area contributed by atoms with Crippen LogP contribution in [0.15, 0.2) is 114 Å². The number of nitrogens with one attached hydrogen (secondary N) is 2. The lowest BCUT2D eigenvalue weighted by Gasteiger charge is -2.18. The van der Waals surface area contributed by atoms with Gasteiger partial charge in [-0.1, -0.05) is 87.5 Å². The van der Waals surface area contributed by atoms with Crippen molar-refractivity contribution >= 4 is 45.6 Å². The zero-order chi connectivity index (χ0) is 32.7. The zero-order valence-corrected chi connectivity index (χ0v) is 27.0. The second-order valence-electron chi connectivity index (χ2n) is 12.3. The highest BCUT2D eigenvalue weighted by atomic mass is 32.2. The number of anilines is 1. The van der Waals surface area contributed by atoms with Crippen molar-refractivity contribution in [2.24, 2.45) is 5.41 Å². The minimum absolute atomic E-state index is 0.0337. The first-order valence-corrected chi connectivity index (χ1v) is 16.5. The molecular weight excluding hydrogens is 596 g/mol. The molecule has 236 valence electrons. The monoisotopic (exact) mass is 634 g/mol. The number of hydrogen-bond donors (Lipinski definition) is 3. The lowest BCUT2D eigenvalue weighted by Crippen LogP contribution is -2.27. The third-order valence-corrected chi connectivity index (χ3v) is 8.07. The lowest BCUT2D eigenvalue weighted by molar-refractivity contribution is -0.117. The summed E-state index contributed by atoms with van der Waals surface area (Å²) in [6.45, 7) is 6.54. The van der Waals surface area contributed by atoms with E-state index in [9.17, 15) is 13.8 Å². The normalized spacial score (nSPS) is 13.0. The molecule has 0 aliphatic heterocycles. The van der Waals surface area contributed by atoms with E-state index in [4.69, 9.17) is 8.97 Å². The average Bonchev–Trinajstić information content (AvgIpc) is 3.47. The van der Waals surface area contributed by atoms with Crippen LogP contribution in [-0.2, 0) is 22.3 Å². The maximum atomic E-state index is 13.8. The van der Waals surface area contributed by atoms with Crippen molar-refractivity contribution in [2.45, 2.75) is 33.1 Å². The number of amides is 2. The van der Waals surface area contributed by atoms with E-state index in [1.807, 2.05) is 91.0 Å². The van der Waals surface area contributed by atoms with Gasteiger partial charge in [-0.3, -0.25) is 9.59 Å². The molecular formula is C38H38N2O5S. The van der Waals surface area contributed by atoms with Gasteiger partial charge in [0.2, 0.25) is 5.91 Å². The molecule has 5 rings (SSSR count). The van der Waals surface area contributed by atoms with Crippen LogP contribution in [0.25, 0.3) is 28.4 Å². The van der Waals surface area contributed by atoms with E-state index in [0.717, 1.165) is 39.0 Å². The van der Waals surface area contributed by atoms with Crippen LogP contribution < -0.4 is 10.6 Å². The highest BCUT2D eigenvalue weighted by Crippen LogP contribution is 2.30. The lowest BCUT2D eigenvalue weighted by atomic mass is 9.89. The maximum absolute atomic E-state index is 13.8. The van der Waals surface area contributed by atoms with Crippen LogP contribution in [0.3, 0.4) is 0 Å². The van der Waals surface area contributed by atoms with Gasteiger partial charge in [0.1, 0.15) is 11.3 Å². The zero-order valence-electron chi connectivity index (χ0n) is 26.2. The summed E-state index contributed by atoms with van der Waals surface area (Å²) in [7, 11) is 0. The molecule has 5 aromatic rings. The van der Waals surface area contributed by atoms with Crippen LogP contribution in [0.5, 0.6) is 0 Å². The molecule has 0 aliphatic carbocycles. The Morgan fingerprint density at radius 3 is 2.26 bits per heavy atom. The fourth-order valence-corrected chi connectivity index (χ4v) is 5.28. The first-order chi connectivity index (χ1) is 22.0. The van der Waals surface area contributed by atoms with Gasteiger partial charge in [-0.05, 0) is 77.1 Å². The molecule has 0 bridgehead atoms. The summed E-state index contributed by atoms with van der Waals surface area (Å²) in [6, 6.07) is 32.6. The van der Waals surface area contributed by atoms with Crippen molar-refractivity contribution in [3.63, 3.8) is 0 Å². The highest BCUT2D eigenvalue weighted by molar-refractivity contribution is 7.79. The molecule has 0 fully saturated rings. The predicted octanol–water partition coefficient (Wildman–Crippen LogP) is 8.08. The summed E-state index contributed by atoms with van der Waals surface area (Å²) < 4.78 is 25.8. The fraction of sp³-hybridized carbons (Fsp3) is 0.211. The molecule has 3 N–H and O–H groups in total. The third kappa shape index (κ3) is 8.90. The third-order valence-electron chi connectivity index (χ3n) is 7.51. The SMILES string of the molecule is CC(C)(C)/C=C/c1ccc(C(Cc2ccc(C(=O)NCCS(=O)O)cc2)C(=O)Nc2ccc(-c3cc4ccccc4o3)cc2)cc1. The number of para-hydroxylation sites is 1. The number of allylic oxidation sites excluding steroid dienone is 1. The summed E-state index contributed by atoms with van der Waals surface area (Å²) >= 11 is -1.97. The van der Waals surface area contributed by atoms with Gasteiger partial charge in [-0.15, -0.1) is 0 Å². The number of carbonyl (C=O) groups excluding carboxylic acids is 2. The second-order valence-corrected chi connectivity index (χ2v) is 13.4. The number of fused-ring (bicyclic) bond motifs is 1. The number of hydrogen-bond acceptors (Lipinski definition) is 4. The van der Waals surface area contributed by atoms with Crippen molar-refractivity contribution < 1.29 is 22.8 Å². The van der Waals surface area contributed by atoms with Gasteiger partial charge in [-0.2, -0.15) is 0 Å². The van der Waals surface area contributed by atoms with E-state index in [0.29, 0.717) is 17.7 Å². The molecule has 0 saturated carbocycles. The Kier molecular flexibility index (Phi) is 10.3. The van der Waals surface area contributed by atoms with Gasteiger partial charge in [0, 0.05) is 28.7 Å². The predicted molar refractivity (Wildman–Crippen MR) is 186 cm³/mol. The van der Waals surface area contributed by atoms with E-state index in [-0.39, 0.29) is 29.5 Å². The summed E-state index contributed by atoms with van der Waals surface area (Å²) in [6.07, 6.45) is 4.66. The Hall–Kier alpha value is -4.79. The smallest absolute Gasteiger partial charge is 0.251 e. The number of benzene rings is 4. The Bertz CT molecular complexity index is 1820. The molecule has 2 atom stereocenters. The minimum Gasteiger partial charge on any atom is -0.456 e. The van der Waals surface area contributed by atoms with Crippen molar-refractivity contribution in [3.8, 4) is 11.3 Å². The number of rotatable bonds is 11. The van der Waals surface area contributed by atoms with Crippen LogP contribution in [0.1, 0.15) is 53.7 Å². The molecule has 7 nitrogen and oxygen atoms in total. The van der Waals surface area contributed by atoms with Crippen LogP contribution in [0.2, 0.25) is 0 Å². The van der Waals surface area contributed by atoms with Crippen LogP contribution in [-0.4, -0.2) is 32.9 Å². The first-order valence-electron chi connectivity index (χ1n) is 15.2. The molecule has 0 aliphatic rings. The van der Waals surface area contributed by atoms with E-state index in [1.165, 1.54) is 0 Å². The van der Waals surface area contributed by atoms with Crippen molar-refractivity contribution in [3.05, 3.63) is 131 Å². The standard InChI is InChI=1S/C38H38N2O5S/c1-38(2,3)21-20-26-8-12-28(13-9-26)33(24-27-10-14-30(15-11-27)36(41)39-22-23-46(43)44)37(42)40-32-18-16-29(17-19-32)35-25-31-6-4-5-7-34(31)45-35/h4-21,25,33H,22-24H2,1-3H3,(H,39,41)(H,40,42)(H,43,44)/b21-20+. The highest BCUT2D eigenvalue weighted by Gasteiger charge is 2.22. The van der Waals surface area contributed by atoms with E-state index in [1.54, 1.807) is 12.1 Å². The van der Waals surface area contributed by atoms with Gasteiger partial charge >= 0.3 is 0 Å². The summed E-state index contributed by atoms with van der Waals surface area (Å²) in [5, 5.41) is 6.77. The average molecular weight is 635 g/mol. The molecule has 0 spiro atoms. The molecule has 2 unspecified atom stereocenters. The molecule has 46 heavy (non-hydrogen) atoms. The van der Waals surface area contributed by atoms with E-state index < -0.39 is 17.0 Å². The number of carbonyl (C=O) groups is 2. The molecule has 2 amide bonds. The van der Waals surface area contributed by atoms with Crippen LogP contribution in [0, 0.1) is 5.41 Å². The van der Waals surface area contributed by atoms with Crippen LogP contribution in [0.4, 0.5) is 5.69 Å². The van der Waals surface area contributed by atoms with Crippen molar-refractivity contribution in [2.75, 3.05) is 17.6 Å². The van der Waals surface area contributed by atoms with Crippen LogP contribution >= 0.6 is 0 Å². The van der Waals surface area contributed by atoms with Gasteiger partial charge in [0.05, 0.1) is 11.7 Å².